The fourth-order valence-corrected chi connectivity index (χ4v) is 11.1. The van der Waals surface area contributed by atoms with Crippen molar-refractivity contribution in [2.75, 3.05) is 50.1 Å². The SMILES string of the molecule is CO[C@H]1/C=C/O[C@@]2(C)Oc3c(C)c(O)c4c(=O)c(c5oc6cc(N7CCN(CC8CCCCC8)CC7)cc(O)c6nc-5c4c3/C2=N/O)NC(=O)/C(C)=C\C=C\[C@H](C)[C@H](O)[C@@H](C)[C@@H](O)[C@@H](C)[C@H](OC(C)=O)[C@@H]1C. The number of phenolic OH excluding ortho intramolecular Hbond substituents is 2. The Morgan fingerprint density at radius 2 is 1.67 bits per heavy atom. The van der Waals surface area contributed by atoms with Gasteiger partial charge in [-0.15, -0.1) is 0 Å². The van der Waals surface area contributed by atoms with Crippen LogP contribution in [-0.4, -0.2) is 123 Å². The molecule has 18 nitrogen and oxygen atoms in total. The monoisotopic (exact) mass is 995 g/mol. The number of phenols is 2. The van der Waals surface area contributed by atoms with Crippen LogP contribution in [0.25, 0.3) is 33.3 Å². The van der Waals surface area contributed by atoms with Crippen LogP contribution in [0.1, 0.15) is 91.7 Å². The lowest BCUT2D eigenvalue weighted by Crippen LogP contribution is -2.48. The molecule has 4 heterocycles. The van der Waals surface area contributed by atoms with Gasteiger partial charge >= 0.3 is 5.97 Å². The van der Waals surface area contributed by atoms with E-state index in [4.69, 9.17) is 28.3 Å². The molecular weight excluding hydrogens is 927 g/mol. The minimum atomic E-state index is -1.93. The van der Waals surface area contributed by atoms with Crippen molar-refractivity contribution in [1.82, 2.24) is 9.88 Å². The molecular formula is C54H69N5O13. The molecule has 1 saturated carbocycles. The van der Waals surface area contributed by atoms with Crippen molar-refractivity contribution in [2.24, 2.45) is 34.7 Å². The number of carbonyl (C=O) groups is 2. The normalized spacial score (nSPS) is 30.5. The van der Waals surface area contributed by atoms with E-state index in [1.807, 2.05) is 0 Å². The second-order valence-corrected chi connectivity index (χ2v) is 20.5. The smallest absolute Gasteiger partial charge is 0.302 e. The summed E-state index contributed by atoms with van der Waals surface area (Å²) in [5.74, 6) is -6.02. The first-order valence-electron chi connectivity index (χ1n) is 25.1. The molecule has 6 aliphatic rings. The maximum atomic E-state index is 15.0. The topological polar surface area (TPSA) is 246 Å². The molecule has 1 saturated heterocycles. The van der Waals surface area contributed by atoms with E-state index < -0.39 is 76.9 Å². The number of aliphatic hydroxyl groups excluding tert-OH is 2. The molecule has 9 atom stereocenters. The van der Waals surface area contributed by atoms with Crippen LogP contribution in [0.3, 0.4) is 0 Å². The largest absolute Gasteiger partial charge is 0.507 e. The zero-order chi connectivity index (χ0) is 51.9. The Balaban J connectivity index is 1.28. The van der Waals surface area contributed by atoms with Gasteiger partial charge in [-0.05, 0) is 38.7 Å². The number of nitrogens with zero attached hydrogens (tertiary/aromatic N) is 4. The number of ether oxygens (including phenoxy) is 4. The average molecular weight is 996 g/mol. The van der Waals surface area contributed by atoms with Gasteiger partial charge in [0.2, 0.25) is 5.43 Å². The second kappa shape index (κ2) is 21.1. The quantitative estimate of drug-likeness (QED) is 0.0376. The van der Waals surface area contributed by atoms with Crippen molar-refractivity contribution in [1.29, 1.82) is 0 Å². The predicted molar refractivity (Wildman–Crippen MR) is 272 cm³/mol. The summed E-state index contributed by atoms with van der Waals surface area (Å²) in [6, 6.07) is 3.36. The molecule has 4 bridgehead atoms. The number of aliphatic hydroxyl groups is 2. The summed E-state index contributed by atoms with van der Waals surface area (Å²) in [7, 11) is 1.45. The van der Waals surface area contributed by atoms with E-state index >= 15 is 4.79 Å². The van der Waals surface area contributed by atoms with Gasteiger partial charge in [0.1, 0.15) is 40.3 Å². The van der Waals surface area contributed by atoms with E-state index in [1.54, 1.807) is 52.0 Å². The van der Waals surface area contributed by atoms with Crippen LogP contribution in [0, 0.1) is 36.5 Å². The number of nitrogens with one attached hydrogen (secondary N) is 1. The third kappa shape index (κ3) is 9.85. The number of oxime groups is 1. The van der Waals surface area contributed by atoms with E-state index in [2.05, 4.69) is 20.3 Å². The maximum Gasteiger partial charge on any atom is 0.302 e. The number of anilines is 2. The van der Waals surface area contributed by atoms with Gasteiger partial charge < -0.3 is 59.2 Å². The number of benzene rings is 3. The predicted octanol–water partition coefficient (Wildman–Crippen LogP) is 7.35. The molecule has 0 unspecified atom stereocenters. The van der Waals surface area contributed by atoms with Crippen LogP contribution >= 0.6 is 0 Å². The Hall–Kier alpha value is -6.21. The van der Waals surface area contributed by atoms with Gasteiger partial charge in [-0.3, -0.25) is 19.3 Å². The number of methoxy groups -OCH3 is 1. The minimum absolute atomic E-state index is 0.0127. The van der Waals surface area contributed by atoms with Crippen molar-refractivity contribution < 1.29 is 58.6 Å². The van der Waals surface area contributed by atoms with Crippen molar-refractivity contribution in [2.45, 2.75) is 118 Å². The van der Waals surface area contributed by atoms with Crippen molar-refractivity contribution in [3.05, 3.63) is 69.6 Å². The summed E-state index contributed by atoms with van der Waals surface area (Å²) in [5.41, 5.74) is -0.461. The van der Waals surface area contributed by atoms with Gasteiger partial charge in [0.15, 0.2) is 17.1 Å². The molecule has 6 N–H and O–H groups in total. The molecule has 2 fully saturated rings. The molecule has 388 valence electrons. The fraction of sp³-hybridized carbons (Fsp3) is 0.537. The highest BCUT2D eigenvalue weighted by Crippen LogP contribution is 2.51. The summed E-state index contributed by atoms with van der Waals surface area (Å²) in [5, 5.41) is 63.8. The summed E-state index contributed by atoms with van der Waals surface area (Å²) in [6.07, 6.45) is 10.0. The molecule has 4 aliphatic heterocycles. The highest BCUT2D eigenvalue weighted by atomic mass is 16.7. The zero-order valence-corrected chi connectivity index (χ0v) is 42.6. The molecule has 18 heteroatoms. The number of aromatic nitrogens is 1. The third-order valence-corrected chi connectivity index (χ3v) is 15.5. The Bertz CT molecular complexity index is 2860. The first kappa shape index (κ1) is 52.1. The van der Waals surface area contributed by atoms with E-state index in [9.17, 15) is 35.2 Å². The number of esters is 1. The van der Waals surface area contributed by atoms with Gasteiger partial charge in [-0.1, -0.05) is 70.3 Å². The Labute approximate surface area is 418 Å². The zero-order valence-electron chi connectivity index (χ0n) is 42.6. The number of carbonyl (C=O) groups excluding carboxylic acids is 2. The number of rotatable bonds is 5. The van der Waals surface area contributed by atoms with Crippen molar-refractivity contribution >= 4 is 50.8 Å². The standard InChI is InChI=1S/C54H69N5O13/c1-27-14-13-15-28(2)53(66)56-44-48(65)40-39(43-51(44)71-38-25-35(24-36(61)42(38)55-43)59-21-19-58(20-22-59)26-34-16-11-10-12-17-34)41-50(32(6)47(40)64)72-54(8,52(41)57-67)69-23-18-37(68-9)29(3)49(70-33(7)60)31(5)46(63)30(4)45(27)62/h13-15,18,23-25,27,29-31,34,37,45-46,49,61-64,67H,10-12,16-17,19-22,26H2,1-9H3,(H,56,66)/b14-13+,23-18+,28-15-,57-52-/t27-,29+,30+,31+,37-,45-,46+,49+,54-/m0/s1. The maximum absolute atomic E-state index is 15.0. The lowest BCUT2D eigenvalue weighted by Gasteiger charge is -2.38. The molecule has 8 rings (SSSR count). The van der Waals surface area contributed by atoms with Crippen LogP contribution in [0.5, 0.6) is 17.2 Å². The molecule has 1 amide bonds. The first-order valence-corrected chi connectivity index (χ1v) is 25.1. The summed E-state index contributed by atoms with van der Waals surface area (Å²) >= 11 is 0. The van der Waals surface area contributed by atoms with Gasteiger partial charge in [0, 0.05) is 112 Å². The van der Waals surface area contributed by atoms with Gasteiger partial charge in [0.05, 0.1) is 35.5 Å². The summed E-state index contributed by atoms with van der Waals surface area (Å²) in [4.78, 5) is 51.3. The second-order valence-electron chi connectivity index (χ2n) is 20.5. The number of piperazine rings is 1. The summed E-state index contributed by atoms with van der Waals surface area (Å²) < 4.78 is 31.0. The lowest BCUT2D eigenvalue weighted by molar-refractivity contribution is -0.160. The van der Waals surface area contributed by atoms with E-state index in [1.165, 1.54) is 85.3 Å². The Kier molecular flexibility index (Phi) is 15.3. The molecule has 0 aromatic heterocycles. The van der Waals surface area contributed by atoms with E-state index in [-0.39, 0.29) is 72.9 Å². The van der Waals surface area contributed by atoms with E-state index in [0.717, 1.165) is 19.6 Å². The number of allylic oxidation sites excluding steroid dienone is 2. The Morgan fingerprint density at radius 3 is 2.33 bits per heavy atom. The number of hydrogen-bond acceptors (Lipinski definition) is 17. The minimum Gasteiger partial charge on any atom is -0.507 e. The van der Waals surface area contributed by atoms with Gasteiger partial charge in [-0.25, -0.2) is 4.98 Å². The first-order chi connectivity index (χ1) is 34.3. The van der Waals surface area contributed by atoms with Crippen LogP contribution in [0.2, 0.25) is 0 Å². The molecule has 2 aliphatic carbocycles. The van der Waals surface area contributed by atoms with Crippen molar-refractivity contribution in [3.63, 3.8) is 0 Å². The number of aromatic hydroxyl groups is 2. The van der Waals surface area contributed by atoms with Crippen LogP contribution in [0.15, 0.2) is 62.6 Å². The highest BCUT2D eigenvalue weighted by molar-refractivity contribution is 6.24. The number of fused-ring (bicyclic) bond motifs is 2. The van der Waals surface area contributed by atoms with Gasteiger partial charge in [-0.2, -0.15) is 0 Å². The van der Waals surface area contributed by atoms with E-state index in [0.29, 0.717) is 24.7 Å². The van der Waals surface area contributed by atoms with Crippen LogP contribution < -0.4 is 20.4 Å². The number of amides is 1. The summed E-state index contributed by atoms with van der Waals surface area (Å²) in [6.45, 7) is 16.9. The van der Waals surface area contributed by atoms with Crippen LogP contribution in [0.4, 0.5) is 11.4 Å². The average Bonchev–Trinajstić information content (AvgIpc) is 3.67. The highest BCUT2D eigenvalue weighted by Gasteiger charge is 2.49. The molecule has 2 aromatic carbocycles. The fourth-order valence-electron chi connectivity index (χ4n) is 11.1. The van der Waals surface area contributed by atoms with Crippen molar-refractivity contribution in [3.8, 4) is 28.7 Å². The number of hydrogen-bond donors (Lipinski definition) is 6. The molecule has 0 spiro atoms. The molecule has 72 heavy (non-hydrogen) atoms. The third-order valence-electron chi connectivity index (χ3n) is 15.5. The molecule has 0 radical (unpaired) electrons. The molecule has 2 aromatic rings. The van der Waals surface area contributed by atoms with Crippen LogP contribution in [-0.2, 0) is 23.8 Å². The lowest BCUT2D eigenvalue weighted by atomic mass is 9.78. The Morgan fingerprint density at radius 1 is 0.958 bits per heavy atom. The van der Waals surface area contributed by atoms with Gasteiger partial charge in [0.25, 0.3) is 11.7 Å².